The first kappa shape index (κ1) is 9.00. The molecule has 0 radical (unpaired) electrons. The normalized spacial score (nSPS) is 27.8. The van der Waals surface area contributed by atoms with Gasteiger partial charge in [0.15, 0.2) is 0 Å². The van der Waals surface area contributed by atoms with Gasteiger partial charge in [0.2, 0.25) is 0 Å². The molecule has 0 aromatic carbocycles. The summed E-state index contributed by atoms with van der Waals surface area (Å²) in [5.41, 5.74) is -0.436. The van der Waals surface area contributed by atoms with Crippen LogP contribution in [0.2, 0.25) is 0 Å². The van der Waals surface area contributed by atoms with Gasteiger partial charge < -0.3 is 9.84 Å². The van der Waals surface area contributed by atoms with Crippen LogP contribution >= 0.6 is 0 Å². The van der Waals surface area contributed by atoms with Gasteiger partial charge in [0.25, 0.3) is 0 Å². The van der Waals surface area contributed by atoms with Crippen molar-refractivity contribution in [3.8, 4) is 0 Å². The van der Waals surface area contributed by atoms with E-state index in [0.29, 0.717) is 13.2 Å². The van der Waals surface area contributed by atoms with Gasteiger partial charge >= 0.3 is 5.97 Å². The third kappa shape index (κ3) is 1.03. The van der Waals surface area contributed by atoms with Gasteiger partial charge in [-0.2, -0.15) is 0 Å². The van der Waals surface area contributed by atoms with Crippen molar-refractivity contribution >= 4 is 5.97 Å². The van der Waals surface area contributed by atoms with Crippen molar-refractivity contribution in [2.45, 2.75) is 32.6 Å². The van der Waals surface area contributed by atoms with E-state index in [1.54, 1.807) is 0 Å². The number of aliphatic carboxylic acids is 1. The molecule has 1 N–H and O–H groups in total. The lowest BCUT2D eigenvalue weighted by molar-refractivity contribution is -0.184. The predicted molar refractivity (Wildman–Crippen MR) is 47.5 cm³/mol. The van der Waals surface area contributed by atoms with Crippen molar-refractivity contribution in [3.63, 3.8) is 0 Å². The fourth-order valence-corrected chi connectivity index (χ4v) is 2.58. The number of hydrogen-bond donors (Lipinski definition) is 1. The van der Waals surface area contributed by atoms with Crippen molar-refractivity contribution in [1.29, 1.82) is 0 Å². The van der Waals surface area contributed by atoms with Gasteiger partial charge in [-0.15, -0.1) is 0 Å². The van der Waals surface area contributed by atoms with E-state index < -0.39 is 11.4 Å². The molecule has 0 bridgehead atoms. The van der Waals surface area contributed by atoms with Crippen LogP contribution in [0.3, 0.4) is 0 Å². The Morgan fingerprint density at radius 3 is 2.31 bits per heavy atom. The van der Waals surface area contributed by atoms with E-state index in [-0.39, 0.29) is 5.41 Å². The van der Waals surface area contributed by atoms with Gasteiger partial charge in [0.1, 0.15) is 0 Å². The van der Waals surface area contributed by atoms with Gasteiger partial charge in [-0.25, -0.2) is 0 Å². The molecule has 2 fully saturated rings. The highest BCUT2D eigenvalue weighted by Crippen LogP contribution is 2.63. The maximum absolute atomic E-state index is 11.1. The molecule has 0 aromatic rings. The summed E-state index contributed by atoms with van der Waals surface area (Å²) < 4.78 is 5.20. The quantitative estimate of drug-likeness (QED) is 0.722. The zero-order chi connectivity index (χ0) is 9.53. The summed E-state index contributed by atoms with van der Waals surface area (Å²) >= 11 is 0. The maximum Gasteiger partial charge on any atom is 0.310 e. The summed E-state index contributed by atoms with van der Waals surface area (Å²) in [7, 11) is 0. The third-order valence-corrected chi connectivity index (χ3v) is 3.66. The van der Waals surface area contributed by atoms with Crippen LogP contribution in [0, 0.1) is 10.8 Å². The molecule has 1 saturated carbocycles. The zero-order valence-electron chi connectivity index (χ0n) is 8.01. The minimum Gasteiger partial charge on any atom is -0.481 e. The molecule has 3 heteroatoms. The van der Waals surface area contributed by atoms with Crippen LogP contribution in [-0.4, -0.2) is 24.3 Å². The lowest BCUT2D eigenvalue weighted by atomic mass is 9.68. The lowest BCUT2D eigenvalue weighted by Crippen LogP contribution is -2.52. The van der Waals surface area contributed by atoms with Crippen molar-refractivity contribution in [2.24, 2.45) is 10.8 Å². The van der Waals surface area contributed by atoms with E-state index >= 15 is 0 Å². The second kappa shape index (κ2) is 2.71. The summed E-state index contributed by atoms with van der Waals surface area (Å²) in [5, 5.41) is 9.18. The summed E-state index contributed by atoms with van der Waals surface area (Å²) in [6.07, 6.45) is 3.76. The summed E-state index contributed by atoms with van der Waals surface area (Å²) in [6, 6.07) is 0. The molecule has 0 unspecified atom stereocenters. The Bertz CT molecular complexity index is 226. The maximum atomic E-state index is 11.1. The highest BCUT2D eigenvalue weighted by molar-refractivity contribution is 5.79. The molecule has 1 heterocycles. The second-order valence-electron chi connectivity index (χ2n) is 4.41. The Labute approximate surface area is 78.1 Å². The Morgan fingerprint density at radius 1 is 1.46 bits per heavy atom. The van der Waals surface area contributed by atoms with Crippen LogP contribution in [0.1, 0.15) is 32.6 Å². The summed E-state index contributed by atoms with van der Waals surface area (Å²) in [6.45, 7) is 3.43. The number of carboxylic acid groups (broad SMARTS) is 1. The second-order valence-corrected chi connectivity index (χ2v) is 4.41. The number of carbonyl (C=O) groups is 1. The Kier molecular flexibility index (Phi) is 1.88. The molecule has 1 saturated heterocycles. The van der Waals surface area contributed by atoms with E-state index in [4.69, 9.17) is 4.74 Å². The highest BCUT2D eigenvalue weighted by Gasteiger charge is 2.66. The first-order chi connectivity index (χ1) is 6.17. The van der Waals surface area contributed by atoms with E-state index in [9.17, 15) is 9.90 Å². The van der Waals surface area contributed by atoms with E-state index in [1.165, 1.54) is 0 Å². The molecule has 0 spiro atoms. The minimum absolute atomic E-state index is 0.0203. The van der Waals surface area contributed by atoms with Crippen LogP contribution in [0.25, 0.3) is 0 Å². The van der Waals surface area contributed by atoms with Crippen molar-refractivity contribution < 1.29 is 14.6 Å². The first-order valence-electron chi connectivity index (χ1n) is 4.98. The van der Waals surface area contributed by atoms with Crippen LogP contribution in [0.5, 0.6) is 0 Å². The average molecular weight is 184 g/mol. The Morgan fingerprint density at radius 2 is 2.08 bits per heavy atom. The van der Waals surface area contributed by atoms with E-state index in [1.807, 2.05) is 0 Å². The Hall–Kier alpha value is -0.570. The monoisotopic (exact) mass is 184 g/mol. The molecule has 2 rings (SSSR count). The molecule has 0 amide bonds. The topological polar surface area (TPSA) is 46.5 Å². The molecule has 13 heavy (non-hydrogen) atoms. The Balaban J connectivity index is 2.16. The van der Waals surface area contributed by atoms with Crippen LogP contribution in [-0.2, 0) is 9.53 Å². The first-order valence-corrected chi connectivity index (χ1v) is 4.98. The van der Waals surface area contributed by atoms with Gasteiger partial charge in [-0.1, -0.05) is 13.3 Å². The fraction of sp³-hybridized carbons (Fsp3) is 0.900. The van der Waals surface area contributed by atoms with Gasteiger partial charge in [0.05, 0.1) is 18.6 Å². The number of hydrogen-bond acceptors (Lipinski definition) is 2. The third-order valence-electron chi connectivity index (χ3n) is 3.66. The van der Waals surface area contributed by atoms with Crippen LogP contribution < -0.4 is 0 Å². The zero-order valence-corrected chi connectivity index (χ0v) is 8.01. The highest BCUT2D eigenvalue weighted by atomic mass is 16.5. The number of ether oxygens (including phenoxy) is 1. The molecule has 1 aliphatic carbocycles. The predicted octanol–water partition coefficient (Wildman–Crippen LogP) is 1.67. The molecule has 1 aliphatic heterocycles. The molecular formula is C10H16O3. The minimum atomic E-state index is -0.607. The van der Waals surface area contributed by atoms with E-state index in [0.717, 1.165) is 25.7 Å². The molecule has 0 aromatic heterocycles. The SMILES string of the molecule is CCCC1(C2(C(=O)O)CC2)COC1. The summed E-state index contributed by atoms with van der Waals surface area (Å²) in [4.78, 5) is 11.1. The van der Waals surface area contributed by atoms with Gasteiger partial charge in [-0.3, -0.25) is 4.79 Å². The van der Waals surface area contributed by atoms with Crippen molar-refractivity contribution in [2.75, 3.05) is 13.2 Å². The lowest BCUT2D eigenvalue weighted by Gasteiger charge is -2.46. The molecular weight excluding hydrogens is 168 g/mol. The molecule has 0 atom stereocenters. The fourth-order valence-electron chi connectivity index (χ4n) is 2.58. The van der Waals surface area contributed by atoms with Crippen LogP contribution in [0.4, 0.5) is 0 Å². The summed E-state index contributed by atoms with van der Waals surface area (Å²) in [5.74, 6) is -0.607. The van der Waals surface area contributed by atoms with Gasteiger partial charge in [-0.05, 0) is 19.3 Å². The van der Waals surface area contributed by atoms with Crippen LogP contribution in [0.15, 0.2) is 0 Å². The average Bonchev–Trinajstić information content (AvgIpc) is 2.77. The van der Waals surface area contributed by atoms with E-state index in [2.05, 4.69) is 6.92 Å². The van der Waals surface area contributed by atoms with Gasteiger partial charge in [0, 0.05) is 5.41 Å². The number of rotatable bonds is 4. The smallest absolute Gasteiger partial charge is 0.310 e. The van der Waals surface area contributed by atoms with Crippen molar-refractivity contribution in [3.05, 3.63) is 0 Å². The van der Waals surface area contributed by atoms with Crippen molar-refractivity contribution in [1.82, 2.24) is 0 Å². The largest absolute Gasteiger partial charge is 0.481 e. The molecule has 2 aliphatic rings. The molecule has 3 nitrogen and oxygen atoms in total. The molecule has 74 valence electrons. The number of carboxylic acids is 1. The standard InChI is InChI=1S/C10H16O3/c1-2-3-9(6-13-7-9)10(4-5-10)8(11)12/h2-7H2,1H3,(H,11,12).